The molecule has 1 aliphatic heterocycles. The molecule has 0 radical (unpaired) electrons. The number of rotatable bonds is 1. The lowest BCUT2D eigenvalue weighted by molar-refractivity contribution is -0.0295. The molecule has 4 heteroatoms. The van der Waals surface area contributed by atoms with Gasteiger partial charge >= 0.3 is 0 Å². The van der Waals surface area contributed by atoms with E-state index in [1.165, 1.54) is 12.8 Å². The number of fused-ring (bicyclic) bond motifs is 1. The quantitative estimate of drug-likeness (QED) is 0.800. The summed E-state index contributed by atoms with van der Waals surface area (Å²) in [6, 6.07) is 6.17. The van der Waals surface area contributed by atoms with Crippen molar-refractivity contribution in [2.75, 3.05) is 6.61 Å². The van der Waals surface area contributed by atoms with E-state index in [0.717, 1.165) is 28.5 Å². The molecule has 1 fully saturated rings. The van der Waals surface area contributed by atoms with E-state index in [9.17, 15) is 0 Å². The van der Waals surface area contributed by atoms with Gasteiger partial charge in [0.25, 0.3) is 0 Å². The van der Waals surface area contributed by atoms with E-state index in [1.807, 2.05) is 18.5 Å². The minimum atomic E-state index is 0.167. The molecular weight excluding hydrogens is 268 g/mol. The summed E-state index contributed by atoms with van der Waals surface area (Å²) in [5.41, 5.74) is 2.17. The van der Waals surface area contributed by atoms with Crippen LogP contribution in [-0.2, 0) is 4.74 Å². The van der Waals surface area contributed by atoms with Gasteiger partial charge in [-0.2, -0.15) is 0 Å². The summed E-state index contributed by atoms with van der Waals surface area (Å²) in [7, 11) is 0. The molecule has 0 spiro atoms. The van der Waals surface area contributed by atoms with E-state index in [0.29, 0.717) is 0 Å². The molecule has 1 aromatic carbocycles. The highest BCUT2D eigenvalue weighted by Crippen LogP contribution is 2.27. The molecule has 2 heterocycles. The first-order chi connectivity index (χ1) is 7.84. The van der Waals surface area contributed by atoms with Crippen molar-refractivity contribution in [3.05, 3.63) is 29.0 Å². The van der Waals surface area contributed by atoms with Gasteiger partial charge in [-0.1, -0.05) is 15.9 Å². The largest absolute Gasteiger partial charge is 0.358 e. The molecule has 0 amide bonds. The molecule has 16 heavy (non-hydrogen) atoms. The first kappa shape index (κ1) is 10.3. The molecule has 3 nitrogen and oxygen atoms in total. The average molecular weight is 281 g/mol. The van der Waals surface area contributed by atoms with Gasteiger partial charge in [0.1, 0.15) is 6.23 Å². The molecule has 0 bridgehead atoms. The summed E-state index contributed by atoms with van der Waals surface area (Å²) in [5.74, 6) is 0. The van der Waals surface area contributed by atoms with E-state index in [4.69, 9.17) is 4.74 Å². The Kier molecular flexibility index (Phi) is 2.69. The molecule has 0 N–H and O–H groups in total. The number of imidazole rings is 1. The lowest BCUT2D eigenvalue weighted by atomic mass is 10.2. The summed E-state index contributed by atoms with van der Waals surface area (Å²) in [4.78, 5) is 4.41. The average Bonchev–Trinajstić information content (AvgIpc) is 2.73. The van der Waals surface area contributed by atoms with Crippen molar-refractivity contribution in [3.8, 4) is 0 Å². The Morgan fingerprint density at radius 3 is 3.12 bits per heavy atom. The normalized spacial score (nSPS) is 21.4. The lowest BCUT2D eigenvalue weighted by Gasteiger charge is -2.24. The van der Waals surface area contributed by atoms with E-state index in [1.54, 1.807) is 0 Å². The minimum Gasteiger partial charge on any atom is -0.358 e. The summed E-state index contributed by atoms with van der Waals surface area (Å²) >= 11 is 3.46. The fourth-order valence-electron chi connectivity index (χ4n) is 2.18. The summed E-state index contributed by atoms with van der Waals surface area (Å²) in [5, 5.41) is 0. The number of ether oxygens (including phenoxy) is 1. The van der Waals surface area contributed by atoms with Gasteiger partial charge in [-0.3, -0.25) is 0 Å². The number of aromatic nitrogens is 2. The van der Waals surface area contributed by atoms with Gasteiger partial charge in [0.05, 0.1) is 17.4 Å². The Labute approximate surface area is 103 Å². The zero-order valence-electron chi connectivity index (χ0n) is 8.90. The maximum Gasteiger partial charge on any atom is 0.135 e. The number of hydrogen-bond acceptors (Lipinski definition) is 2. The molecule has 2 aromatic rings. The van der Waals surface area contributed by atoms with E-state index in [-0.39, 0.29) is 6.23 Å². The summed E-state index contributed by atoms with van der Waals surface area (Å²) < 4.78 is 8.98. The SMILES string of the molecule is Brc1ccc2c(c1)ncn2C1CCCCO1. The van der Waals surface area contributed by atoms with E-state index >= 15 is 0 Å². The molecule has 1 aliphatic rings. The van der Waals surface area contributed by atoms with Crippen LogP contribution in [0.5, 0.6) is 0 Å². The molecule has 84 valence electrons. The van der Waals surface area contributed by atoms with Gasteiger partial charge in [-0.05, 0) is 37.5 Å². The van der Waals surface area contributed by atoms with Crippen molar-refractivity contribution in [1.29, 1.82) is 0 Å². The Balaban J connectivity index is 2.03. The molecule has 1 unspecified atom stereocenters. The second kappa shape index (κ2) is 4.18. The molecule has 0 saturated carbocycles. The number of nitrogens with zero attached hydrogens (tertiary/aromatic N) is 2. The monoisotopic (exact) mass is 280 g/mol. The number of benzene rings is 1. The highest BCUT2D eigenvalue weighted by Gasteiger charge is 2.17. The molecule has 1 atom stereocenters. The minimum absolute atomic E-state index is 0.167. The van der Waals surface area contributed by atoms with Gasteiger partial charge in [-0.15, -0.1) is 0 Å². The van der Waals surface area contributed by atoms with Crippen LogP contribution >= 0.6 is 15.9 Å². The van der Waals surface area contributed by atoms with E-state index < -0.39 is 0 Å². The van der Waals surface area contributed by atoms with Crippen LogP contribution in [0, 0.1) is 0 Å². The van der Waals surface area contributed by atoms with Crippen LogP contribution in [0.25, 0.3) is 11.0 Å². The summed E-state index contributed by atoms with van der Waals surface area (Å²) in [6.07, 6.45) is 5.55. The Morgan fingerprint density at radius 2 is 2.31 bits per heavy atom. The fraction of sp³-hybridized carbons (Fsp3) is 0.417. The third-order valence-electron chi connectivity index (χ3n) is 3.00. The van der Waals surface area contributed by atoms with Crippen molar-refractivity contribution < 1.29 is 4.74 Å². The van der Waals surface area contributed by atoms with Crippen molar-refractivity contribution in [2.45, 2.75) is 25.5 Å². The zero-order chi connectivity index (χ0) is 11.0. The third-order valence-corrected chi connectivity index (χ3v) is 3.50. The van der Waals surface area contributed by atoms with Crippen LogP contribution in [0.2, 0.25) is 0 Å². The van der Waals surface area contributed by atoms with Gasteiger partial charge in [-0.25, -0.2) is 4.98 Å². The predicted octanol–water partition coefficient (Wildman–Crippen LogP) is 3.50. The van der Waals surface area contributed by atoms with Crippen molar-refractivity contribution in [3.63, 3.8) is 0 Å². The van der Waals surface area contributed by atoms with E-state index in [2.05, 4.69) is 31.5 Å². The second-order valence-corrected chi connectivity index (χ2v) is 5.02. The van der Waals surface area contributed by atoms with Gasteiger partial charge in [0, 0.05) is 11.1 Å². The molecular formula is C12H13BrN2O. The van der Waals surface area contributed by atoms with Gasteiger partial charge in [0.2, 0.25) is 0 Å². The maximum atomic E-state index is 5.77. The van der Waals surface area contributed by atoms with Crippen LogP contribution in [0.1, 0.15) is 25.5 Å². The molecule has 3 rings (SSSR count). The molecule has 1 saturated heterocycles. The maximum absolute atomic E-state index is 5.77. The molecule has 0 aliphatic carbocycles. The van der Waals surface area contributed by atoms with Crippen LogP contribution in [0.15, 0.2) is 29.0 Å². The summed E-state index contributed by atoms with van der Waals surface area (Å²) in [6.45, 7) is 0.862. The molecule has 1 aromatic heterocycles. The Hall–Kier alpha value is -0.870. The highest BCUT2D eigenvalue weighted by atomic mass is 79.9. The topological polar surface area (TPSA) is 27.1 Å². The van der Waals surface area contributed by atoms with Crippen molar-refractivity contribution >= 4 is 27.0 Å². The standard InChI is InChI=1S/C12H13BrN2O/c13-9-4-5-11-10(7-9)14-8-15(11)12-3-1-2-6-16-12/h4-5,7-8,12H,1-3,6H2. The zero-order valence-corrected chi connectivity index (χ0v) is 10.5. The second-order valence-electron chi connectivity index (χ2n) is 4.11. The first-order valence-corrected chi connectivity index (χ1v) is 6.37. The predicted molar refractivity (Wildman–Crippen MR) is 66.3 cm³/mol. The van der Waals surface area contributed by atoms with Crippen LogP contribution in [0.3, 0.4) is 0 Å². The number of halogens is 1. The van der Waals surface area contributed by atoms with Crippen LogP contribution in [0.4, 0.5) is 0 Å². The lowest BCUT2D eigenvalue weighted by Crippen LogP contribution is -2.17. The Bertz CT molecular complexity index is 503. The number of hydrogen-bond donors (Lipinski definition) is 0. The van der Waals surface area contributed by atoms with Gasteiger partial charge in [0.15, 0.2) is 0 Å². The van der Waals surface area contributed by atoms with Gasteiger partial charge < -0.3 is 9.30 Å². The third kappa shape index (κ3) is 1.76. The first-order valence-electron chi connectivity index (χ1n) is 5.58. The van der Waals surface area contributed by atoms with Crippen LogP contribution < -0.4 is 0 Å². The Morgan fingerprint density at radius 1 is 1.38 bits per heavy atom. The van der Waals surface area contributed by atoms with Crippen LogP contribution in [-0.4, -0.2) is 16.2 Å². The van der Waals surface area contributed by atoms with Crippen molar-refractivity contribution in [2.24, 2.45) is 0 Å². The smallest absolute Gasteiger partial charge is 0.135 e. The van der Waals surface area contributed by atoms with Crippen molar-refractivity contribution in [1.82, 2.24) is 9.55 Å². The fourth-order valence-corrected chi connectivity index (χ4v) is 2.53. The highest BCUT2D eigenvalue weighted by molar-refractivity contribution is 9.10.